The number of carbonyl (C=O) groups excluding carboxylic acids is 1. The number of benzene rings is 1. The Kier molecular flexibility index (Phi) is 6.23. The molecule has 0 radical (unpaired) electrons. The van der Waals surface area contributed by atoms with Crippen molar-refractivity contribution >= 4 is 5.91 Å². The number of piperazine rings is 1. The smallest absolute Gasteiger partial charge is 0.272 e. The molecule has 1 aromatic carbocycles. The first kappa shape index (κ1) is 20.9. The van der Waals surface area contributed by atoms with E-state index in [9.17, 15) is 4.79 Å². The van der Waals surface area contributed by atoms with Crippen LogP contribution < -0.4 is 4.74 Å². The Morgan fingerprint density at radius 2 is 1.81 bits per heavy atom. The lowest BCUT2D eigenvalue weighted by Gasteiger charge is -2.39. The van der Waals surface area contributed by atoms with Crippen molar-refractivity contribution in [2.75, 3.05) is 26.7 Å². The van der Waals surface area contributed by atoms with Gasteiger partial charge in [-0.2, -0.15) is 0 Å². The van der Waals surface area contributed by atoms with Gasteiger partial charge in [0, 0.05) is 37.6 Å². The molecule has 1 atom stereocenters. The topological polar surface area (TPSA) is 71.5 Å². The zero-order valence-corrected chi connectivity index (χ0v) is 18.1. The SMILES string of the molecule is CC(C)Oc1ccc([C@@H]2CN(C(=O)c3cccc(-c4cncnc4)n3)CCN2C)cc1. The number of ether oxygens (including phenoxy) is 1. The van der Waals surface area contributed by atoms with Crippen molar-refractivity contribution in [3.05, 3.63) is 72.4 Å². The lowest BCUT2D eigenvalue weighted by Crippen LogP contribution is -2.49. The minimum atomic E-state index is -0.0587. The first-order chi connectivity index (χ1) is 15.0. The van der Waals surface area contributed by atoms with E-state index in [1.165, 1.54) is 11.9 Å². The van der Waals surface area contributed by atoms with Gasteiger partial charge in [0.2, 0.25) is 0 Å². The fourth-order valence-corrected chi connectivity index (χ4v) is 3.77. The van der Waals surface area contributed by atoms with E-state index in [2.05, 4.69) is 39.0 Å². The van der Waals surface area contributed by atoms with Gasteiger partial charge in [-0.05, 0) is 50.7 Å². The van der Waals surface area contributed by atoms with Crippen LogP contribution in [0.25, 0.3) is 11.3 Å². The number of pyridine rings is 1. The molecule has 0 saturated carbocycles. The Hall–Kier alpha value is -3.32. The van der Waals surface area contributed by atoms with Gasteiger partial charge in [-0.15, -0.1) is 0 Å². The summed E-state index contributed by atoms with van der Waals surface area (Å²) in [6.07, 6.45) is 5.01. The monoisotopic (exact) mass is 417 g/mol. The molecule has 4 rings (SSSR count). The van der Waals surface area contributed by atoms with E-state index in [1.807, 2.05) is 43.0 Å². The third-order valence-corrected chi connectivity index (χ3v) is 5.40. The second-order valence-corrected chi connectivity index (χ2v) is 8.02. The molecule has 0 N–H and O–H groups in total. The van der Waals surface area contributed by atoms with Gasteiger partial charge in [-0.3, -0.25) is 9.69 Å². The third-order valence-electron chi connectivity index (χ3n) is 5.40. The molecule has 31 heavy (non-hydrogen) atoms. The number of likely N-dealkylation sites (N-methyl/N-ethyl adjacent to an activating group) is 1. The van der Waals surface area contributed by atoms with Crippen molar-refractivity contribution in [1.29, 1.82) is 0 Å². The maximum absolute atomic E-state index is 13.2. The maximum Gasteiger partial charge on any atom is 0.272 e. The standard InChI is InChI=1S/C24H27N5O2/c1-17(2)31-20-9-7-18(8-10-20)23-15-29(12-11-28(23)3)24(30)22-6-4-5-21(27-22)19-13-25-16-26-14-19/h4-10,13-14,16-17,23H,11-12,15H2,1-3H3/t23-/m0/s1. The van der Waals surface area contributed by atoms with E-state index >= 15 is 0 Å². The number of rotatable bonds is 5. The molecule has 1 fully saturated rings. The summed E-state index contributed by atoms with van der Waals surface area (Å²) in [5.74, 6) is 0.799. The summed E-state index contributed by atoms with van der Waals surface area (Å²) in [6, 6.07) is 13.8. The highest BCUT2D eigenvalue weighted by Gasteiger charge is 2.29. The molecular formula is C24H27N5O2. The van der Waals surface area contributed by atoms with Gasteiger partial charge in [0.15, 0.2) is 0 Å². The largest absolute Gasteiger partial charge is 0.491 e. The number of carbonyl (C=O) groups is 1. The van der Waals surface area contributed by atoms with Crippen LogP contribution in [0.4, 0.5) is 0 Å². The Balaban J connectivity index is 1.51. The van der Waals surface area contributed by atoms with E-state index in [0.717, 1.165) is 17.9 Å². The summed E-state index contributed by atoms with van der Waals surface area (Å²) in [5.41, 5.74) is 3.08. The number of hydrogen-bond donors (Lipinski definition) is 0. The molecule has 2 aromatic heterocycles. The summed E-state index contributed by atoms with van der Waals surface area (Å²) >= 11 is 0. The minimum absolute atomic E-state index is 0.0587. The number of hydrogen-bond acceptors (Lipinski definition) is 6. The molecule has 1 amide bonds. The lowest BCUT2D eigenvalue weighted by atomic mass is 10.0. The quantitative estimate of drug-likeness (QED) is 0.633. The van der Waals surface area contributed by atoms with E-state index in [1.54, 1.807) is 18.5 Å². The average molecular weight is 418 g/mol. The number of amides is 1. The van der Waals surface area contributed by atoms with Crippen molar-refractivity contribution in [1.82, 2.24) is 24.8 Å². The molecule has 3 aromatic rings. The van der Waals surface area contributed by atoms with E-state index in [-0.39, 0.29) is 18.1 Å². The summed E-state index contributed by atoms with van der Waals surface area (Å²) in [4.78, 5) is 30.1. The minimum Gasteiger partial charge on any atom is -0.491 e. The molecule has 0 spiro atoms. The van der Waals surface area contributed by atoms with Gasteiger partial charge in [0.1, 0.15) is 17.8 Å². The third kappa shape index (κ3) is 4.88. The van der Waals surface area contributed by atoms with Crippen molar-refractivity contribution in [2.45, 2.75) is 26.0 Å². The van der Waals surface area contributed by atoms with E-state index in [0.29, 0.717) is 24.5 Å². The Morgan fingerprint density at radius 3 is 2.52 bits per heavy atom. The van der Waals surface area contributed by atoms with Gasteiger partial charge in [0.25, 0.3) is 5.91 Å². The summed E-state index contributed by atoms with van der Waals surface area (Å²) < 4.78 is 5.75. The van der Waals surface area contributed by atoms with E-state index < -0.39 is 0 Å². The highest BCUT2D eigenvalue weighted by Crippen LogP contribution is 2.27. The van der Waals surface area contributed by atoms with Crippen LogP contribution in [0, 0.1) is 0 Å². The Morgan fingerprint density at radius 1 is 1.06 bits per heavy atom. The Bertz CT molecular complexity index is 1020. The van der Waals surface area contributed by atoms with Crippen LogP contribution in [0.5, 0.6) is 5.75 Å². The van der Waals surface area contributed by atoms with Crippen LogP contribution in [-0.4, -0.2) is 63.4 Å². The molecule has 0 bridgehead atoms. The summed E-state index contributed by atoms with van der Waals surface area (Å²) in [6.45, 7) is 6.11. The second-order valence-electron chi connectivity index (χ2n) is 8.02. The van der Waals surface area contributed by atoms with Crippen molar-refractivity contribution in [3.8, 4) is 17.0 Å². The van der Waals surface area contributed by atoms with Crippen LogP contribution in [0.1, 0.15) is 35.9 Å². The zero-order chi connectivity index (χ0) is 21.8. The van der Waals surface area contributed by atoms with Gasteiger partial charge in [-0.25, -0.2) is 15.0 Å². The second kappa shape index (κ2) is 9.22. The number of nitrogens with zero attached hydrogens (tertiary/aromatic N) is 5. The predicted octanol–water partition coefficient (Wildman–Crippen LogP) is 3.45. The molecule has 7 nitrogen and oxygen atoms in total. The molecule has 1 aliphatic rings. The molecular weight excluding hydrogens is 390 g/mol. The van der Waals surface area contributed by atoms with Gasteiger partial charge < -0.3 is 9.64 Å². The molecule has 3 heterocycles. The summed E-state index contributed by atoms with van der Waals surface area (Å²) in [5, 5.41) is 0. The van der Waals surface area contributed by atoms with Crippen LogP contribution in [-0.2, 0) is 0 Å². The van der Waals surface area contributed by atoms with Crippen molar-refractivity contribution in [2.24, 2.45) is 0 Å². The maximum atomic E-state index is 13.2. The normalized spacial score (nSPS) is 17.0. The molecule has 0 unspecified atom stereocenters. The van der Waals surface area contributed by atoms with Gasteiger partial charge in [-0.1, -0.05) is 18.2 Å². The Labute approximate surface area is 182 Å². The highest BCUT2D eigenvalue weighted by molar-refractivity contribution is 5.93. The molecule has 1 aliphatic heterocycles. The molecule has 0 aliphatic carbocycles. The molecule has 160 valence electrons. The average Bonchev–Trinajstić information content (AvgIpc) is 2.80. The van der Waals surface area contributed by atoms with Crippen LogP contribution in [0.15, 0.2) is 61.2 Å². The van der Waals surface area contributed by atoms with Crippen LogP contribution in [0.3, 0.4) is 0 Å². The highest BCUT2D eigenvalue weighted by atomic mass is 16.5. The first-order valence-corrected chi connectivity index (χ1v) is 10.5. The lowest BCUT2D eigenvalue weighted by molar-refractivity contribution is 0.0540. The fraction of sp³-hybridized carbons (Fsp3) is 0.333. The van der Waals surface area contributed by atoms with Crippen LogP contribution in [0.2, 0.25) is 0 Å². The van der Waals surface area contributed by atoms with Crippen molar-refractivity contribution < 1.29 is 9.53 Å². The van der Waals surface area contributed by atoms with Crippen LogP contribution >= 0.6 is 0 Å². The molecule has 1 saturated heterocycles. The van der Waals surface area contributed by atoms with Gasteiger partial charge in [0.05, 0.1) is 17.8 Å². The number of aromatic nitrogens is 3. The van der Waals surface area contributed by atoms with Gasteiger partial charge >= 0.3 is 0 Å². The molecule has 7 heteroatoms. The summed E-state index contributed by atoms with van der Waals surface area (Å²) in [7, 11) is 2.10. The van der Waals surface area contributed by atoms with E-state index in [4.69, 9.17) is 4.74 Å². The predicted molar refractivity (Wildman–Crippen MR) is 119 cm³/mol. The fourth-order valence-electron chi connectivity index (χ4n) is 3.77. The van der Waals surface area contributed by atoms with Crippen molar-refractivity contribution in [3.63, 3.8) is 0 Å². The first-order valence-electron chi connectivity index (χ1n) is 10.5. The zero-order valence-electron chi connectivity index (χ0n) is 18.1.